The second-order valence-corrected chi connectivity index (χ2v) is 3.35. The van der Waals surface area contributed by atoms with Crippen molar-refractivity contribution in [1.82, 2.24) is 9.55 Å². The van der Waals surface area contributed by atoms with Gasteiger partial charge in [0.15, 0.2) is 0 Å². The molecule has 5 heteroatoms. The Balaban J connectivity index is 2.52. The zero-order chi connectivity index (χ0) is 11.7. The van der Waals surface area contributed by atoms with Gasteiger partial charge in [-0.1, -0.05) is 0 Å². The van der Waals surface area contributed by atoms with Crippen molar-refractivity contribution in [1.29, 1.82) is 0 Å². The number of aromatic hydroxyl groups is 1. The molecule has 0 atom stereocenters. The maximum absolute atomic E-state index is 10.7. The minimum atomic E-state index is -1.07. The number of benzene rings is 1. The van der Waals surface area contributed by atoms with Crippen LogP contribution in [0.2, 0.25) is 0 Å². The summed E-state index contributed by atoms with van der Waals surface area (Å²) in [6, 6.07) is 4.21. The lowest BCUT2D eigenvalue weighted by atomic mass is 10.2. The third kappa shape index (κ3) is 1.63. The van der Waals surface area contributed by atoms with E-state index in [0.717, 1.165) is 5.82 Å². The number of hydrogen-bond donors (Lipinski definition) is 2. The van der Waals surface area contributed by atoms with Crippen molar-refractivity contribution >= 4 is 5.97 Å². The topological polar surface area (TPSA) is 75.4 Å². The molecule has 2 N–H and O–H groups in total. The van der Waals surface area contributed by atoms with Crippen LogP contribution in [0.5, 0.6) is 5.75 Å². The number of rotatable bonds is 2. The Bertz CT molecular complexity index is 546. The first-order valence-corrected chi connectivity index (χ1v) is 4.66. The van der Waals surface area contributed by atoms with Crippen LogP contribution in [0.1, 0.15) is 16.2 Å². The fourth-order valence-electron chi connectivity index (χ4n) is 1.49. The highest BCUT2D eigenvalue weighted by molar-refractivity contribution is 5.88. The van der Waals surface area contributed by atoms with Crippen LogP contribution in [0, 0.1) is 6.92 Å². The molecular formula is C11H10N2O3. The van der Waals surface area contributed by atoms with Gasteiger partial charge < -0.3 is 14.8 Å². The number of hydrogen-bond acceptors (Lipinski definition) is 3. The number of carboxylic acid groups (broad SMARTS) is 1. The van der Waals surface area contributed by atoms with Gasteiger partial charge in [-0.25, -0.2) is 9.78 Å². The summed E-state index contributed by atoms with van der Waals surface area (Å²) in [6.07, 6.45) is 3.31. The quantitative estimate of drug-likeness (QED) is 0.802. The van der Waals surface area contributed by atoms with Crippen LogP contribution in [0.3, 0.4) is 0 Å². The summed E-state index contributed by atoms with van der Waals surface area (Å²) in [5, 5.41) is 18.5. The number of carbonyl (C=O) groups is 1. The third-order valence-corrected chi connectivity index (χ3v) is 2.31. The molecule has 0 amide bonds. The molecule has 0 radical (unpaired) electrons. The normalized spacial score (nSPS) is 10.3. The van der Waals surface area contributed by atoms with Gasteiger partial charge in [0.1, 0.15) is 11.6 Å². The second-order valence-electron chi connectivity index (χ2n) is 3.35. The van der Waals surface area contributed by atoms with Crippen molar-refractivity contribution in [2.45, 2.75) is 6.92 Å². The van der Waals surface area contributed by atoms with E-state index in [1.54, 1.807) is 30.0 Å². The molecule has 5 nitrogen and oxygen atoms in total. The number of aryl methyl sites for hydroxylation is 1. The Kier molecular flexibility index (Phi) is 2.36. The van der Waals surface area contributed by atoms with Crippen LogP contribution in [0.15, 0.2) is 30.6 Å². The first-order chi connectivity index (χ1) is 7.59. The molecule has 0 aliphatic carbocycles. The monoisotopic (exact) mass is 218 g/mol. The molecule has 0 aliphatic rings. The maximum Gasteiger partial charge on any atom is 0.335 e. The van der Waals surface area contributed by atoms with Crippen molar-refractivity contribution in [2.24, 2.45) is 0 Å². The van der Waals surface area contributed by atoms with E-state index in [1.807, 2.05) is 0 Å². The Hall–Kier alpha value is -2.30. The molecule has 0 spiro atoms. The molecule has 0 saturated carbocycles. The largest absolute Gasteiger partial charge is 0.506 e. The van der Waals surface area contributed by atoms with Gasteiger partial charge in [0.25, 0.3) is 0 Å². The first-order valence-electron chi connectivity index (χ1n) is 4.66. The van der Waals surface area contributed by atoms with E-state index in [-0.39, 0.29) is 11.3 Å². The molecule has 0 saturated heterocycles. The molecule has 1 aromatic heterocycles. The summed E-state index contributed by atoms with van der Waals surface area (Å²) in [5.74, 6) is -0.427. The molecule has 2 rings (SSSR count). The summed E-state index contributed by atoms with van der Waals surface area (Å²) in [4.78, 5) is 14.7. The molecule has 0 aliphatic heterocycles. The van der Waals surface area contributed by atoms with E-state index in [2.05, 4.69) is 4.98 Å². The van der Waals surface area contributed by atoms with E-state index in [1.165, 1.54) is 12.1 Å². The van der Waals surface area contributed by atoms with E-state index in [9.17, 15) is 9.90 Å². The SMILES string of the molecule is Cc1nccn1-c1ccc(C(=O)O)cc1O. The molecule has 0 unspecified atom stereocenters. The van der Waals surface area contributed by atoms with Gasteiger partial charge in [0.05, 0.1) is 11.3 Å². The predicted molar refractivity (Wildman–Crippen MR) is 56.9 cm³/mol. The van der Waals surface area contributed by atoms with Gasteiger partial charge in [-0.15, -0.1) is 0 Å². The second kappa shape index (κ2) is 3.69. The van der Waals surface area contributed by atoms with Gasteiger partial charge in [-0.05, 0) is 25.1 Å². The lowest BCUT2D eigenvalue weighted by molar-refractivity contribution is 0.0696. The first kappa shape index (κ1) is 10.2. The standard InChI is InChI=1S/C11H10N2O3/c1-7-12-4-5-13(7)9-3-2-8(11(15)16)6-10(9)14/h2-6,14H,1H3,(H,15,16). The molecular weight excluding hydrogens is 208 g/mol. The van der Waals surface area contributed by atoms with Crippen molar-refractivity contribution in [3.8, 4) is 11.4 Å². The Morgan fingerprint density at radius 2 is 2.19 bits per heavy atom. The van der Waals surface area contributed by atoms with Crippen molar-refractivity contribution in [2.75, 3.05) is 0 Å². The number of nitrogens with zero attached hydrogens (tertiary/aromatic N) is 2. The number of phenols is 1. The third-order valence-electron chi connectivity index (χ3n) is 2.31. The number of carboxylic acids is 1. The van der Waals surface area contributed by atoms with Gasteiger partial charge in [0.2, 0.25) is 0 Å². The molecule has 1 heterocycles. The van der Waals surface area contributed by atoms with Crippen molar-refractivity contribution in [3.05, 3.63) is 42.0 Å². The van der Waals surface area contributed by atoms with Crippen LogP contribution < -0.4 is 0 Å². The fraction of sp³-hybridized carbons (Fsp3) is 0.0909. The van der Waals surface area contributed by atoms with Crippen LogP contribution in [-0.2, 0) is 0 Å². The van der Waals surface area contributed by atoms with Crippen LogP contribution in [0.25, 0.3) is 5.69 Å². The smallest absolute Gasteiger partial charge is 0.335 e. The average molecular weight is 218 g/mol. The van der Waals surface area contributed by atoms with Gasteiger partial charge in [-0.2, -0.15) is 0 Å². The van der Waals surface area contributed by atoms with E-state index in [0.29, 0.717) is 5.69 Å². The summed E-state index contributed by atoms with van der Waals surface area (Å²) in [7, 11) is 0. The number of phenolic OH excluding ortho intramolecular Hbond substituents is 1. The van der Waals surface area contributed by atoms with Crippen LogP contribution in [-0.4, -0.2) is 25.7 Å². The molecule has 82 valence electrons. The van der Waals surface area contributed by atoms with E-state index >= 15 is 0 Å². The van der Waals surface area contributed by atoms with Crippen LogP contribution in [0.4, 0.5) is 0 Å². The van der Waals surface area contributed by atoms with Crippen molar-refractivity contribution in [3.63, 3.8) is 0 Å². The lowest BCUT2D eigenvalue weighted by Gasteiger charge is -2.07. The number of aromatic nitrogens is 2. The highest BCUT2D eigenvalue weighted by Gasteiger charge is 2.09. The average Bonchev–Trinajstić information content (AvgIpc) is 2.64. The van der Waals surface area contributed by atoms with Crippen molar-refractivity contribution < 1.29 is 15.0 Å². The Labute approximate surface area is 91.6 Å². The summed E-state index contributed by atoms with van der Waals surface area (Å²) < 4.78 is 1.68. The zero-order valence-electron chi connectivity index (χ0n) is 8.58. The minimum Gasteiger partial charge on any atom is -0.506 e. The Morgan fingerprint density at radius 1 is 1.44 bits per heavy atom. The summed E-state index contributed by atoms with van der Waals surface area (Å²) >= 11 is 0. The maximum atomic E-state index is 10.7. The molecule has 1 aromatic carbocycles. The summed E-state index contributed by atoms with van der Waals surface area (Å²) in [5.41, 5.74) is 0.569. The molecule has 0 bridgehead atoms. The molecule has 0 fully saturated rings. The highest BCUT2D eigenvalue weighted by atomic mass is 16.4. The molecule has 16 heavy (non-hydrogen) atoms. The zero-order valence-corrected chi connectivity index (χ0v) is 8.58. The number of aromatic carboxylic acids is 1. The van der Waals surface area contributed by atoms with E-state index in [4.69, 9.17) is 5.11 Å². The fourth-order valence-corrected chi connectivity index (χ4v) is 1.49. The van der Waals surface area contributed by atoms with Gasteiger partial charge in [-0.3, -0.25) is 0 Å². The Morgan fingerprint density at radius 3 is 2.69 bits per heavy atom. The lowest BCUT2D eigenvalue weighted by Crippen LogP contribution is -2.00. The molecule has 2 aromatic rings. The van der Waals surface area contributed by atoms with E-state index < -0.39 is 5.97 Å². The minimum absolute atomic E-state index is 0.0546. The van der Waals surface area contributed by atoms with Gasteiger partial charge >= 0.3 is 5.97 Å². The van der Waals surface area contributed by atoms with Crippen LogP contribution >= 0.6 is 0 Å². The predicted octanol–water partition coefficient (Wildman–Crippen LogP) is 1.58. The highest BCUT2D eigenvalue weighted by Crippen LogP contribution is 2.23. The number of imidazole rings is 1. The van der Waals surface area contributed by atoms with Gasteiger partial charge in [0, 0.05) is 12.4 Å². The summed E-state index contributed by atoms with van der Waals surface area (Å²) in [6.45, 7) is 1.80.